The maximum absolute atomic E-state index is 12.4. The van der Waals surface area contributed by atoms with Crippen LogP contribution in [0.25, 0.3) is 0 Å². The summed E-state index contributed by atoms with van der Waals surface area (Å²) >= 11 is 5.94. The van der Waals surface area contributed by atoms with Gasteiger partial charge in [-0.1, -0.05) is 11.6 Å². The van der Waals surface area contributed by atoms with E-state index in [0.29, 0.717) is 5.75 Å². The van der Waals surface area contributed by atoms with Gasteiger partial charge in [0.05, 0.1) is 12.1 Å². The number of rotatable bonds is 5. The minimum absolute atomic E-state index is 0.0197. The van der Waals surface area contributed by atoms with E-state index < -0.39 is 10.0 Å². The molecule has 0 fully saturated rings. The fourth-order valence-corrected chi connectivity index (χ4v) is 3.21. The number of sulfonamides is 1. The number of methoxy groups -OCH3 is 1. The second-order valence-corrected chi connectivity index (χ2v) is 6.28. The molecule has 0 aliphatic carbocycles. The van der Waals surface area contributed by atoms with Crippen LogP contribution in [0.5, 0.6) is 5.75 Å². The lowest BCUT2D eigenvalue weighted by Gasteiger charge is -2.23. The average Bonchev–Trinajstić information content (AvgIpc) is 2.37. The van der Waals surface area contributed by atoms with Crippen LogP contribution in [0.4, 0.5) is 0 Å². The molecule has 0 radical (unpaired) electrons. The zero-order valence-electron chi connectivity index (χ0n) is 10.6. The minimum atomic E-state index is -3.67. The summed E-state index contributed by atoms with van der Waals surface area (Å²) in [6.45, 7) is 1.96. The Morgan fingerprint density at radius 2 is 2.11 bits per heavy atom. The molecule has 2 N–H and O–H groups in total. The third-order valence-electron chi connectivity index (χ3n) is 2.76. The monoisotopic (exact) mass is 292 g/mol. The molecule has 7 heteroatoms. The topological polar surface area (TPSA) is 72.6 Å². The maximum Gasteiger partial charge on any atom is 0.244 e. The predicted octanol–water partition coefficient (Wildman–Crippen LogP) is 1.32. The number of benzene rings is 1. The Balaban J connectivity index is 3.27. The van der Waals surface area contributed by atoms with Crippen molar-refractivity contribution in [2.75, 3.05) is 20.7 Å². The maximum atomic E-state index is 12.4. The summed E-state index contributed by atoms with van der Waals surface area (Å²) in [5.74, 6) is 0.437. The molecule has 18 heavy (non-hydrogen) atoms. The summed E-state index contributed by atoms with van der Waals surface area (Å²) in [4.78, 5) is 0.0197. The van der Waals surface area contributed by atoms with E-state index in [1.807, 2.05) is 0 Å². The van der Waals surface area contributed by atoms with Gasteiger partial charge in [0.1, 0.15) is 10.6 Å². The van der Waals surface area contributed by atoms with Crippen LogP contribution in [0.2, 0.25) is 5.02 Å². The lowest BCUT2D eigenvalue weighted by molar-refractivity contribution is 0.392. The number of hydrogen-bond donors (Lipinski definition) is 1. The number of ether oxygens (including phenoxy) is 1. The molecule has 1 rings (SSSR count). The van der Waals surface area contributed by atoms with Crippen molar-refractivity contribution in [3.05, 3.63) is 23.2 Å². The molecule has 0 saturated carbocycles. The number of hydrogen-bond acceptors (Lipinski definition) is 4. The van der Waals surface area contributed by atoms with Gasteiger partial charge in [-0.3, -0.25) is 0 Å². The zero-order chi connectivity index (χ0) is 13.9. The van der Waals surface area contributed by atoms with Crippen molar-refractivity contribution in [2.45, 2.75) is 17.9 Å². The number of nitrogens with zero attached hydrogens (tertiary/aromatic N) is 1. The first kappa shape index (κ1) is 15.2. The molecule has 0 aliphatic heterocycles. The SMILES string of the molecule is COc1ccc(Cl)c(S(=O)(=O)N(C)C(C)CN)c1. The Bertz CT molecular complexity index is 519. The summed E-state index contributed by atoms with van der Waals surface area (Å²) < 4.78 is 30.9. The summed E-state index contributed by atoms with van der Waals surface area (Å²) in [5.41, 5.74) is 5.48. The molecule has 1 aromatic rings. The van der Waals surface area contributed by atoms with Gasteiger partial charge >= 0.3 is 0 Å². The molecule has 0 amide bonds. The fourth-order valence-electron chi connectivity index (χ4n) is 1.35. The highest BCUT2D eigenvalue weighted by Gasteiger charge is 2.27. The van der Waals surface area contributed by atoms with E-state index in [4.69, 9.17) is 22.1 Å². The van der Waals surface area contributed by atoms with E-state index in [0.717, 1.165) is 0 Å². The lowest BCUT2D eigenvalue weighted by atomic mass is 10.3. The minimum Gasteiger partial charge on any atom is -0.497 e. The van der Waals surface area contributed by atoms with Crippen LogP contribution in [-0.4, -0.2) is 39.5 Å². The van der Waals surface area contributed by atoms with Gasteiger partial charge in [-0.2, -0.15) is 4.31 Å². The van der Waals surface area contributed by atoms with Crippen LogP contribution >= 0.6 is 11.6 Å². The molecule has 0 saturated heterocycles. The Labute approximate surface area is 113 Å². The van der Waals surface area contributed by atoms with Gasteiger partial charge in [0.25, 0.3) is 0 Å². The lowest BCUT2D eigenvalue weighted by Crippen LogP contribution is -2.39. The van der Waals surface area contributed by atoms with Crippen LogP contribution in [0.3, 0.4) is 0 Å². The first-order valence-electron chi connectivity index (χ1n) is 5.36. The van der Waals surface area contributed by atoms with Crippen LogP contribution in [-0.2, 0) is 10.0 Å². The van der Waals surface area contributed by atoms with Crippen LogP contribution in [0, 0.1) is 0 Å². The highest BCUT2D eigenvalue weighted by molar-refractivity contribution is 7.89. The predicted molar refractivity (Wildman–Crippen MR) is 71.5 cm³/mol. The fraction of sp³-hybridized carbons (Fsp3) is 0.455. The van der Waals surface area contributed by atoms with Crippen molar-refractivity contribution in [3.8, 4) is 5.75 Å². The largest absolute Gasteiger partial charge is 0.497 e. The molecule has 0 spiro atoms. The smallest absolute Gasteiger partial charge is 0.244 e. The quantitative estimate of drug-likeness (QED) is 0.888. The van der Waals surface area contributed by atoms with E-state index in [9.17, 15) is 8.42 Å². The molecule has 1 aromatic carbocycles. The summed E-state index contributed by atoms with van der Waals surface area (Å²) in [7, 11) is -0.733. The van der Waals surface area contributed by atoms with Crippen LogP contribution < -0.4 is 10.5 Å². The molecular weight excluding hydrogens is 276 g/mol. The van der Waals surface area contributed by atoms with Crippen LogP contribution in [0.15, 0.2) is 23.1 Å². The van der Waals surface area contributed by atoms with E-state index >= 15 is 0 Å². The Morgan fingerprint density at radius 3 is 2.61 bits per heavy atom. The van der Waals surface area contributed by atoms with Gasteiger partial charge in [-0.15, -0.1) is 0 Å². The summed E-state index contributed by atoms with van der Waals surface area (Å²) in [6.07, 6.45) is 0. The Hall–Kier alpha value is -0.820. The first-order valence-corrected chi connectivity index (χ1v) is 7.18. The van der Waals surface area contributed by atoms with E-state index in [2.05, 4.69) is 0 Å². The zero-order valence-corrected chi connectivity index (χ0v) is 12.1. The molecule has 0 bridgehead atoms. The van der Waals surface area contributed by atoms with Gasteiger partial charge in [-0.25, -0.2) is 8.42 Å². The van der Waals surface area contributed by atoms with Crippen molar-refractivity contribution in [1.29, 1.82) is 0 Å². The number of likely N-dealkylation sites (N-methyl/N-ethyl adjacent to an activating group) is 1. The first-order chi connectivity index (χ1) is 8.34. The second-order valence-electron chi connectivity index (χ2n) is 3.90. The van der Waals surface area contributed by atoms with Gasteiger partial charge in [-0.05, 0) is 19.1 Å². The van der Waals surface area contributed by atoms with E-state index in [1.165, 1.54) is 30.6 Å². The molecule has 1 atom stereocenters. The molecular formula is C11H17ClN2O3S. The van der Waals surface area contributed by atoms with Gasteiger partial charge in [0, 0.05) is 25.7 Å². The van der Waals surface area contributed by atoms with Gasteiger partial charge < -0.3 is 10.5 Å². The van der Waals surface area contributed by atoms with E-state index in [-0.39, 0.29) is 22.5 Å². The Morgan fingerprint density at radius 1 is 1.50 bits per heavy atom. The Kier molecular flexibility index (Phi) is 4.98. The molecule has 0 aliphatic rings. The van der Waals surface area contributed by atoms with Gasteiger partial charge in [0.15, 0.2) is 0 Å². The van der Waals surface area contributed by atoms with E-state index in [1.54, 1.807) is 13.0 Å². The third-order valence-corrected chi connectivity index (χ3v) is 5.21. The normalized spacial score (nSPS) is 13.7. The third kappa shape index (κ3) is 2.95. The van der Waals surface area contributed by atoms with Crippen LogP contribution in [0.1, 0.15) is 6.92 Å². The molecule has 0 heterocycles. The molecule has 102 valence electrons. The number of halogens is 1. The number of nitrogens with two attached hydrogens (primary N) is 1. The van der Waals surface area contributed by atoms with Crippen molar-refractivity contribution in [3.63, 3.8) is 0 Å². The molecule has 5 nitrogen and oxygen atoms in total. The highest BCUT2D eigenvalue weighted by Crippen LogP contribution is 2.28. The van der Waals surface area contributed by atoms with Crippen molar-refractivity contribution < 1.29 is 13.2 Å². The molecule has 0 aromatic heterocycles. The second kappa shape index (κ2) is 5.88. The van der Waals surface area contributed by atoms with Crippen molar-refractivity contribution in [1.82, 2.24) is 4.31 Å². The average molecular weight is 293 g/mol. The van der Waals surface area contributed by atoms with Crippen molar-refractivity contribution >= 4 is 21.6 Å². The highest BCUT2D eigenvalue weighted by atomic mass is 35.5. The standard InChI is InChI=1S/C11H17ClN2O3S/c1-8(7-13)14(2)18(15,16)11-6-9(17-3)4-5-10(11)12/h4-6,8H,7,13H2,1-3H3. The van der Waals surface area contributed by atoms with Gasteiger partial charge in [0.2, 0.25) is 10.0 Å². The van der Waals surface area contributed by atoms with Crippen molar-refractivity contribution in [2.24, 2.45) is 5.73 Å². The summed E-state index contributed by atoms with van der Waals surface area (Å²) in [6, 6.07) is 4.19. The molecule has 1 unspecified atom stereocenters. The summed E-state index contributed by atoms with van der Waals surface area (Å²) in [5, 5.41) is 0.159.